The first-order valence-corrected chi connectivity index (χ1v) is 13.3. The topological polar surface area (TPSA) is 48.0 Å². The van der Waals surface area contributed by atoms with Crippen molar-refractivity contribution in [2.45, 2.75) is 13.1 Å². The maximum Gasteiger partial charge on any atom is 0.261 e. The minimum atomic E-state index is -0.0174. The van der Waals surface area contributed by atoms with Gasteiger partial charge in [-0.3, -0.25) is 9.69 Å². The van der Waals surface area contributed by atoms with Crippen molar-refractivity contribution in [3.63, 3.8) is 0 Å². The number of carbonyl (C=O) groups excluding carboxylic acids is 1. The summed E-state index contributed by atoms with van der Waals surface area (Å²) in [6, 6.07) is 21.0. The predicted octanol–water partition coefficient (Wildman–Crippen LogP) is 3.93. The van der Waals surface area contributed by atoms with Crippen LogP contribution in [0.4, 0.5) is 5.00 Å². The van der Waals surface area contributed by atoms with Crippen molar-refractivity contribution < 1.29 is 9.53 Å². The van der Waals surface area contributed by atoms with Gasteiger partial charge in [0.25, 0.3) is 5.91 Å². The highest BCUT2D eigenvalue weighted by Gasteiger charge is 2.22. The van der Waals surface area contributed by atoms with E-state index in [0.29, 0.717) is 6.54 Å². The first-order valence-electron chi connectivity index (χ1n) is 12.4. The highest BCUT2D eigenvalue weighted by molar-refractivity contribution is 7.18. The molecule has 2 fully saturated rings. The smallest absolute Gasteiger partial charge is 0.261 e. The molecule has 0 radical (unpaired) electrons. The zero-order chi connectivity index (χ0) is 24.0. The summed E-state index contributed by atoms with van der Waals surface area (Å²) < 4.78 is 5.55. The first-order chi connectivity index (χ1) is 17.2. The molecule has 0 saturated carbocycles. The number of benzene rings is 2. The third kappa shape index (κ3) is 6.11. The Morgan fingerprint density at radius 2 is 1.66 bits per heavy atom. The molecule has 0 aliphatic carbocycles. The summed E-state index contributed by atoms with van der Waals surface area (Å²) >= 11 is 1.58. The van der Waals surface area contributed by atoms with Gasteiger partial charge in [-0.1, -0.05) is 54.6 Å². The van der Waals surface area contributed by atoms with Crippen molar-refractivity contribution in [1.29, 1.82) is 0 Å². The predicted molar refractivity (Wildman–Crippen MR) is 143 cm³/mol. The van der Waals surface area contributed by atoms with Gasteiger partial charge in [0.1, 0.15) is 0 Å². The fourth-order valence-electron chi connectivity index (χ4n) is 4.69. The van der Waals surface area contributed by atoms with Crippen LogP contribution in [0.3, 0.4) is 0 Å². The number of likely N-dealkylation sites (N-methyl/N-ethyl adjacent to an activating group) is 1. The Morgan fingerprint density at radius 3 is 2.43 bits per heavy atom. The van der Waals surface area contributed by atoms with Crippen LogP contribution in [-0.4, -0.2) is 75.2 Å². The number of nitrogens with one attached hydrogen (secondary N) is 1. The molecule has 184 valence electrons. The van der Waals surface area contributed by atoms with E-state index in [-0.39, 0.29) is 5.91 Å². The summed E-state index contributed by atoms with van der Waals surface area (Å²) in [5.41, 5.74) is 4.70. The van der Waals surface area contributed by atoms with E-state index in [1.807, 2.05) is 24.3 Å². The van der Waals surface area contributed by atoms with Gasteiger partial charge in [0.05, 0.1) is 23.1 Å². The number of morpholine rings is 1. The number of amides is 1. The zero-order valence-corrected chi connectivity index (χ0v) is 21.2. The van der Waals surface area contributed by atoms with Crippen LogP contribution in [0, 0.1) is 0 Å². The van der Waals surface area contributed by atoms with Crippen molar-refractivity contribution in [2.24, 2.45) is 0 Å². The molecule has 3 aromatic rings. The minimum absolute atomic E-state index is 0.0174. The summed E-state index contributed by atoms with van der Waals surface area (Å²) in [6.45, 7) is 9.07. The SMILES string of the molecule is CN1CCN(Cc2cccc(CNC(=O)c3cc(-c4ccccc4)c(N4CCOCC4)s3)c2)CC1. The molecule has 0 spiro atoms. The van der Waals surface area contributed by atoms with Gasteiger partial charge in [0, 0.05) is 57.9 Å². The monoisotopic (exact) mass is 490 g/mol. The van der Waals surface area contributed by atoms with Gasteiger partial charge in [-0.15, -0.1) is 11.3 Å². The number of thiophene rings is 1. The number of nitrogens with zero attached hydrogens (tertiary/aromatic N) is 3. The van der Waals surface area contributed by atoms with Crippen LogP contribution in [0.2, 0.25) is 0 Å². The molecule has 5 rings (SSSR count). The zero-order valence-electron chi connectivity index (χ0n) is 20.4. The second kappa shape index (κ2) is 11.4. The molecule has 35 heavy (non-hydrogen) atoms. The minimum Gasteiger partial charge on any atom is -0.378 e. The number of ether oxygens (including phenoxy) is 1. The van der Waals surface area contributed by atoms with Crippen molar-refractivity contribution >= 4 is 22.2 Å². The molecule has 2 saturated heterocycles. The van der Waals surface area contributed by atoms with Gasteiger partial charge >= 0.3 is 0 Å². The van der Waals surface area contributed by atoms with Crippen molar-refractivity contribution in [2.75, 3.05) is 64.4 Å². The van der Waals surface area contributed by atoms with Gasteiger partial charge in [-0.25, -0.2) is 0 Å². The Bertz CT molecular complexity index is 1120. The van der Waals surface area contributed by atoms with Crippen LogP contribution in [0.15, 0.2) is 60.7 Å². The molecule has 1 amide bonds. The average molecular weight is 491 g/mol. The highest BCUT2D eigenvalue weighted by atomic mass is 32.1. The van der Waals surface area contributed by atoms with Crippen LogP contribution in [0.1, 0.15) is 20.8 Å². The molecule has 1 aromatic heterocycles. The number of anilines is 1. The lowest BCUT2D eigenvalue weighted by atomic mass is 10.1. The van der Waals surface area contributed by atoms with E-state index in [1.54, 1.807) is 11.3 Å². The normalized spacial score (nSPS) is 17.5. The Balaban J connectivity index is 1.26. The molecule has 2 aromatic carbocycles. The Labute approximate surface area is 212 Å². The van der Waals surface area contributed by atoms with Crippen LogP contribution < -0.4 is 10.2 Å². The highest BCUT2D eigenvalue weighted by Crippen LogP contribution is 2.39. The van der Waals surface area contributed by atoms with Gasteiger partial charge in [0.15, 0.2) is 0 Å². The van der Waals surface area contributed by atoms with Gasteiger partial charge < -0.3 is 19.9 Å². The van der Waals surface area contributed by atoms with E-state index >= 15 is 0 Å². The van der Waals surface area contributed by atoms with Gasteiger partial charge in [-0.2, -0.15) is 0 Å². The molecule has 0 bridgehead atoms. The molecule has 0 atom stereocenters. The summed E-state index contributed by atoms with van der Waals surface area (Å²) in [5.74, 6) is -0.0174. The standard InChI is InChI=1S/C28H34N4O2S/c1-30-10-12-31(13-11-30)21-23-7-5-6-22(18-23)20-29-27(33)26-19-25(24-8-3-2-4-9-24)28(35-26)32-14-16-34-17-15-32/h2-9,18-19H,10-17,20-21H2,1H3,(H,29,33). The molecule has 2 aliphatic rings. The second-order valence-electron chi connectivity index (χ2n) is 9.38. The molecular formula is C28H34N4O2S. The van der Waals surface area contributed by atoms with Crippen LogP contribution in [0.5, 0.6) is 0 Å². The van der Waals surface area contributed by atoms with E-state index in [9.17, 15) is 4.79 Å². The maximum absolute atomic E-state index is 13.2. The summed E-state index contributed by atoms with van der Waals surface area (Å²) in [4.78, 5) is 21.1. The molecule has 0 unspecified atom stereocenters. The summed E-state index contributed by atoms with van der Waals surface area (Å²) in [5, 5.41) is 4.31. The van der Waals surface area contributed by atoms with E-state index in [1.165, 1.54) is 5.56 Å². The third-order valence-corrected chi connectivity index (χ3v) is 7.96. The largest absolute Gasteiger partial charge is 0.378 e. The van der Waals surface area contributed by atoms with Crippen molar-refractivity contribution in [3.05, 3.63) is 76.7 Å². The molecule has 6 nitrogen and oxygen atoms in total. The lowest BCUT2D eigenvalue weighted by molar-refractivity contribution is 0.0955. The molecule has 7 heteroatoms. The van der Waals surface area contributed by atoms with E-state index < -0.39 is 0 Å². The Hall–Kier alpha value is -2.71. The van der Waals surface area contributed by atoms with Gasteiger partial charge in [0.2, 0.25) is 0 Å². The number of hydrogen-bond donors (Lipinski definition) is 1. The molecular weight excluding hydrogens is 456 g/mol. The lowest BCUT2D eigenvalue weighted by Crippen LogP contribution is -2.43. The average Bonchev–Trinajstić information content (AvgIpc) is 3.36. The maximum atomic E-state index is 13.2. The molecule has 2 aliphatic heterocycles. The Morgan fingerprint density at radius 1 is 0.914 bits per heavy atom. The Kier molecular flexibility index (Phi) is 7.79. The van der Waals surface area contributed by atoms with E-state index in [0.717, 1.165) is 85.6 Å². The van der Waals surface area contributed by atoms with Crippen molar-refractivity contribution in [1.82, 2.24) is 15.1 Å². The fourth-order valence-corrected chi connectivity index (χ4v) is 5.84. The van der Waals surface area contributed by atoms with Crippen LogP contribution in [0.25, 0.3) is 11.1 Å². The van der Waals surface area contributed by atoms with Crippen LogP contribution in [-0.2, 0) is 17.8 Å². The lowest BCUT2D eigenvalue weighted by Gasteiger charge is -2.32. The summed E-state index contributed by atoms with van der Waals surface area (Å²) in [6.07, 6.45) is 0. The van der Waals surface area contributed by atoms with Gasteiger partial charge in [-0.05, 0) is 29.8 Å². The number of hydrogen-bond acceptors (Lipinski definition) is 6. The first kappa shape index (κ1) is 24.0. The van der Waals surface area contributed by atoms with E-state index in [4.69, 9.17) is 4.74 Å². The summed E-state index contributed by atoms with van der Waals surface area (Å²) in [7, 11) is 2.18. The second-order valence-corrected chi connectivity index (χ2v) is 10.4. The van der Waals surface area contributed by atoms with Crippen LogP contribution >= 0.6 is 11.3 Å². The van der Waals surface area contributed by atoms with E-state index in [2.05, 4.69) is 63.5 Å². The fraction of sp³-hybridized carbons (Fsp3) is 0.393. The number of piperazine rings is 1. The van der Waals surface area contributed by atoms with Crippen molar-refractivity contribution in [3.8, 4) is 11.1 Å². The number of carbonyl (C=O) groups is 1. The molecule has 1 N–H and O–H groups in total. The molecule has 3 heterocycles. The number of rotatable bonds is 7. The third-order valence-electron chi connectivity index (χ3n) is 6.77. The quantitative estimate of drug-likeness (QED) is 0.544.